The second kappa shape index (κ2) is 11.3. The van der Waals surface area contributed by atoms with Crippen molar-refractivity contribution in [2.75, 3.05) is 12.9 Å². The number of methoxy groups -OCH3 is 1. The molecular weight excluding hydrogens is 498 g/mol. The van der Waals surface area contributed by atoms with Crippen LogP contribution in [0.5, 0.6) is 11.5 Å². The Labute approximate surface area is 218 Å². The summed E-state index contributed by atoms with van der Waals surface area (Å²) < 4.78 is 7.04. The third kappa shape index (κ3) is 5.87. The number of aromatic nitrogens is 3. The zero-order valence-corrected chi connectivity index (χ0v) is 21.5. The van der Waals surface area contributed by atoms with Gasteiger partial charge in [-0.15, -0.1) is 10.2 Å². The van der Waals surface area contributed by atoms with Crippen molar-refractivity contribution in [3.8, 4) is 28.6 Å². The minimum Gasteiger partial charge on any atom is -0.504 e. The number of hydrogen-bond donors (Lipinski definition) is 2. The van der Waals surface area contributed by atoms with E-state index in [4.69, 9.17) is 16.3 Å². The lowest BCUT2D eigenvalue weighted by Gasteiger charge is -2.11. The number of ether oxygens (including phenoxy) is 1. The Bertz CT molecular complexity index is 1400. The molecule has 4 aromatic rings. The molecule has 0 unspecified atom stereocenters. The van der Waals surface area contributed by atoms with Gasteiger partial charge >= 0.3 is 0 Å². The molecule has 0 aliphatic carbocycles. The van der Waals surface area contributed by atoms with E-state index in [1.165, 1.54) is 24.9 Å². The maximum Gasteiger partial charge on any atom is 0.250 e. The molecule has 1 heterocycles. The third-order valence-corrected chi connectivity index (χ3v) is 6.49. The second-order valence-electron chi connectivity index (χ2n) is 7.89. The summed E-state index contributed by atoms with van der Waals surface area (Å²) in [6.45, 7) is 3.78. The summed E-state index contributed by atoms with van der Waals surface area (Å²) in [6.07, 6.45) is 0. The first-order valence-corrected chi connectivity index (χ1v) is 12.3. The number of aryl methyl sites for hydroxylation is 1. The maximum atomic E-state index is 12.6. The number of halogens is 1. The zero-order chi connectivity index (χ0) is 25.7. The molecule has 3 aromatic carbocycles. The van der Waals surface area contributed by atoms with Crippen molar-refractivity contribution in [3.63, 3.8) is 0 Å². The Hall–Kier alpha value is -3.82. The van der Waals surface area contributed by atoms with Gasteiger partial charge in [-0.1, -0.05) is 41.1 Å². The van der Waals surface area contributed by atoms with E-state index in [0.717, 1.165) is 16.8 Å². The van der Waals surface area contributed by atoms with Gasteiger partial charge in [0.15, 0.2) is 22.5 Å². The fraction of sp³-hybridized carbons (Fsp3) is 0.154. The van der Waals surface area contributed by atoms with Crippen LogP contribution in [0, 0.1) is 6.92 Å². The topological polar surface area (TPSA) is 102 Å². The first kappa shape index (κ1) is 25.3. The summed E-state index contributed by atoms with van der Waals surface area (Å²) in [5, 5.41) is 23.9. The lowest BCUT2D eigenvalue weighted by molar-refractivity contribution is -0.118. The summed E-state index contributed by atoms with van der Waals surface area (Å²) in [7, 11) is 1.47. The predicted octanol–water partition coefficient (Wildman–Crippen LogP) is 5.24. The number of amides is 1. The van der Waals surface area contributed by atoms with Gasteiger partial charge in [-0.25, -0.2) is 5.43 Å². The van der Waals surface area contributed by atoms with Crippen LogP contribution in [0.15, 0.2) is 77.0 Å². The molecule has 184 valence electrons. The van der Waals surface area contributed by atoms with Gasteiger partial charge < -0.3 is 9.84 Å². The van der Waals surface area contributed by atoms with E-state index in [-0.39, 0.29) is 17.4 Å². The Balaban J connectivity index is 1.51. The molecule has 0 saturated carbocycles. The van der Waals surface area contributed by atoms with Crippen LogP contribution >= 0.6 is 23.4 Å². The van der Waals surface area contributed by atoms with Crippen molar-refractivity contribution < 1.29 is 14.6 Å². The van der Waals surface area contributed by atoms with Crippen molar-refractivity contribution >= 4 is 35.0 Å². The van der Waals surface area contributed by atoms with Gasteiger partial charge in [-0.05, 0) is 68.4 Å². The van der Waals surface area contributed by atoms with E-state index in [1.807, 2.05) is 47.9 Å². The lowest BCUT2D eigenvalue weighted by Crippen LogP contribution is -2.21. The number of carbonyl (C=O) groups is 1. The van der Waals surface area contributed by atoms with Crippen LogP contribution in [-0.4, -0.2) is 44.4 Å². The molecule has 8 nitrogen and oxygen atoms in total. The predicted molar refractivity (Wildman–Crippen MR) is 142 cm³/mol. The number of nitrogens with one attached hydrogen (secondary N) is 1. The van der Waals surface area contributed by atoms with Gasteiger partial charge in [0.25, 0.3) is 5.91 Å². The molecule has 0 aliphatic rings. The van der Waals surface area contributed by atoms with E-state index in [9.17, 15) is 9.90 Å². The van der Waals surface area contributed by atoms with Gasteiger partial charge in [0.2, 0.25) is 0 Å². The van der Waals surface area contributed by atoms with Crippen LogP contribution in [0.1, 0.15) is 18.1 Å². The standard InChI is InChI=1S/C26H24ClN5O3S/c1-16-4-11-21(12-5-16)32-25(18-6-9-20(27)10-7-18)30-31-26(32)36-15-24(34)29-28-17(2)19-8-13-22(33)23(14-19)35-3/h4-14,33H,15H2,1-3H3,(H,29,34)/b28-17-. The number of rotatable bonds is 8. The number of nitrogens with zero attached hydrogens (tertiary/aromatic N) is 4. The van der Waals surface area contributed by atoms with Crippen molar-refractivity contribution in [2.24, 2.45) is 5.10 Å². The molecule has 0 fully saturated rings. The number of phenolic OH excluding ortho intramolecular Hbond substituents is 1. The van der Waals surface area contributed by atoms with Gasteiger partial charge in [0.05, 0.1) is 18.6 Å². The van der Waals surface area contributed by atoms with Gasteiger partial charge in [-0.3, -0.25) is 9.36 Å². The molecule has 0 spiro atoms. The van der Waals surface area contributed by atoms with Crippen LogP contribution in [0.25, 0.3) is 17.1 Å². The van der Waals surface area contributed by atoms with E-state index in [1.54, 1.807) is 31.2 Å². The normalized spacial score (nSPS) is 11.4. The van der Waals surface area contributed by atoms with Crippen LogP contribution in [0.3, 0.4) is 0 Å². The van der Waals surface area contributed by atoms with E-state index in [0.29, 0.717) is 33.0 Å². The molecule has 4 rings (SSSR count). The average Bonchev–Trinajstić information content (AvgIpc) is 3.31. The molecule has 36 heavy (non-hydrogen) atoms. The molecule has 10 heteroatoms. The minimum atomic E-state index is -0.295. The number of benzene rings is 3. The molecule has 1 aromatic heterocycles. The number of carbonyl (C=O) groups excluding carboxylic acids is 1. The molecular formula is C26H24ClN5O3S. The number of hydrazone groups is 1. The van der Waals surface area contributed by atoms with Gasteiger partial charge in [0, 0.05) is 21.8 Å². The summed E-state index contributed by atoms with van der Waals surface area (Å²) >= 11 is 7.31. The monoisotopic (exact) mass is 521 g/mol. The van der Waals surface area contributed by atoms with Gasteiger partial charge in [-0.2, -0.15) is 5.10 Å². The zero-order valence-electron chi connectivity index (χ0n) is 19.9. The van der Waals surface area contributed by atoms with E-state index >= 15 is 0 Å². The molecule has 0 atom stereocenters. The highest BCUT2D eigenvalue weighted by Gasteiger charge is 2.17. The summed E-state index contributed by atoms with van der Waals surface area (Å²) in [4.78, 5) is 12.6. The summed E-state index contributed by atoms with van der Waals surface area (Å²) in [5.41, 5.74) is 6.72. The molecule has 0 aliphatic heterocycles. The average molecular weight is 522 g/mol. The van der Waals surface area contributed by atoms with Gasteiger partial charge in [0.1, 0.15) is 0 Å². The first-order valence-electron chi connectivity index (χ1n) is 11.0. The minimum absolute atomic E-state index is 0.0325. The SMILES string of the molecule is COc1cc(/C(C)=N\NC(=O)CSc2nnc(-c3ccc(Cl)cc3)n2-c2ccc(C)cc2)ccc1O. The Morgan fingerprint density at radius 3 is 2.53 bits per heavy atom. The lowest BCUT2D eigenvalue weighted by atomic mass is 10.1. The summed E-state index contributed by atoms with van der Waals surface area (Å²) in [5.74, 6) is 0.798. The Morgan fingerprint density at radius 2 is 1.83 bits per heavy atom. The van der Waals surface area contributed by atoms with Crippen LogP contribution in [0.4, 0.5) is 0 Å². The fourth-order valence-corrected chi connectivity index (χ4v) is 4.22. The van der Waals surface area contributed by atoms with Crippen molar-refractivity contribution in [2.45, 2.75) is 19.0 Å². The fourth-order valence-electron chi connectivity index (χ4n) is 3.35. The second-order valence-corrected chi connectivity index (χ2v) is 9.27. The van der Waals surface area contributed by atoms with Crippen molar-refractivity contribution in [3.05, 3.63) is 82.9 Å². The van der Waals surface area contributed by atoms with Crippen molar-refractivity contribution in [1.29, 1.82) is 0 Å². The molecule has 0 saturated heterocycles. The smallest absolute Gasteiger partial charge is 0.250 e. The van der Waals surface area contributed by atoms with E-state index in [2.05, 4.69) is 20.7 Å². The van der Waals surface area contributed by atoms with Crippen molar-refractivity contribution in [1.82, 2.24) is 20.2 Å². The first-order chi connectivity index (χ1) is 17.4. The molecule has 0 bridgehead atoms. The number of aromatic hydroxyl groups is 1. The maximum absolute atomic E-state index is 12.6. The molecule has 0 radical (unpaired) electrons. The highest BCUT2D eigenvalue weighted by Crippen LogP contribution is 2.29. The Kier molecular flexibility index (Phi) is 7.92. The number of thioether (sulfide) groups is 1. The largest absolute Gasteiger partial charge is 0.504 e. The number of hydrogen-bond acceptors (Lipinski definition) is 7. The van der Waals surface area contributed by atoms with Crippen LogP contribution in [0.2, 0.25) is 5.02 Å². The third-order valence-electron chi connectivity index (χ3n) is 5.31. The number of phenols is 1. The molecule has 2 N–H and O–H groups in total. The van der Waals surface area contributed by atoms with Crippen LogP contribution in [-0.2, 0) is 4.79 Å². The Morgan fingerprint density at radius 1 is 1.11 bits per heavy atom. The van der Waals surface area contributed by atoms with Crippen LogP contribution < -0.4 is 10.2 Å². The molecule has 1 amide bonds. The highest BCUT2D eigenvalue weighted by molar-refractivity contribution is 7.99. The highest BCUT2D eigenvalue weighted by atomic mass is 35.5. The summed E-state index contributed by atoms with van der Waals surface area (Å²) in [6, 6.07) is 20.2. The van der Waals surface area contributed by atoms with E-state index < -0.39 is 0 Å². The quantitative estimate of drug-likeness (QED) is 0.187.